The van der Waals surface area contributed by atoms with Crippen LogP contribution >= 0.6 is 11.3 Å². The van der Waals surface area contributed by atoms with Gasteiger partial charge in [-0.2, -0.15) is 15.2 Å². The van der Waals surface area contributed by atoms with Gasteiger partial charge in [0.25, 0.3) is 0 Å². The smallest absolute Gasteiger partial charge is 0.303 e. The zero-order valence-electron chi connectivity index (χ0n) is 14.3. The van der Waals surface area contributed by atoms with Crippen LogP contribution < -0.4 is 10.4 Å². The number of aromatic hydroxyl groups is 1. The van der Waals surface area contributed by atoms with Crippen molar-refractivity contribution in [1.82, 2.24) is 4.98 Å². The number of hydrogen-bond acceptors (Lipinski definition) is 7. The van der Waals surface area contributed by atoms with Gasteiger partial charge in [0.1, 0.15) is 5.75 Å². The van der Waals surface area contributed by atoms with Crippen LogP contribution in [0.3, 0.4) is 0 Å². The van der Waals surface area contributed by atoms with Crippen LogP contribution in [0.1, 0.15) is 6.92 Å². The second kappa shape index (κ2) is 7.00. The Morgan fingerprint density at radius 2 is 1.85 bits per heavy atom. The summed E-state index contributed by atoms with van der Waals surface area (Å²) in [5.74, 6) is -0.324. The van der Waals surface area contributed by atoms with E-state index in [-0.39, 0.29) is 17.4 Å². The zero-order valence-corrected chi connectivity index (χ0v) is 15.1. The molecular formula is C19H15N5O2S. The Kier molecular flexibility index (Phi) is 4.39. The minimum absolute atomic E-state index is 0.0474. The molecule has 0 atom stereocenters. The molecule has 2 heterocycles. The lowest BCUT2D eigenvalue weighted by Crippen LogP contribution is -2.27. The van der Waals surface area contributed by atoms with Gasteiger partial charge in [-0.25, -0.2) is 4.98 Å². The summed E-state index contributed by atoms with van der Waals surface area (Å²) in [6.07, 6.45) is 0. The number of phenolic OH excluding ortho intramolecular Hbond substituents is 1. The molecule has 4 rings (SSSR count). The van der Waals surface area contributed by atoms with Gasteiger partial charge in [-0.05, 0) is 19.1 Å². The molecule has 0 saturated heterocycles. The molecule has 0 spiro atoms. The van der Waals surface area contributed by atoms with Crippen molar-refractivity contribution in [3.05, 3.63) is 60.0 Å². The molecule has 1 amide bonds. The maximum absolute atomic E-state index is 12.7. The standard InChI is InChI=1S/C19H15N5O2S/c1-12-17(22-21-14-9-5-6-10-16(14)25)18(26)24(23-12)19-20-15(11-27-19)13-7-3-2-4-8-13/h2-11,21,25H,1H3/b22-17-. The normalized spacial score (nSPS) is 15.3. The van der Waals surface area contributed by atoms with Gasteiger partial charge in [0.15, 0.2) is 5.71 Å². The SMILES string of the molecule is CC1=NN(c2nc(-c3ccccc3)cs2)C(=O)/C1=N\Nc1ccccc1O. The fraction of sp³-hybridized carbons (Fsp3) is 0.0526. The molecule has 1 aromatic heterocycles. The first-order valence-corrected chi connectivity index (χ1v) is 9.04. The molecule has 0 saturated carbocycles. The lowest BCUT2D eigenvalue weighted by Gasteiger charge is -2.07. The highest BCUT2D eigenvalue weighted by Gasteiger charge is 2.32. The van der Waals surface area contributed by atoms with Crippen LogP contribution in [0.4, 0.5) is 10.8 Å². The van der Waals surface area contributed by atoms with Crippen LogP contribution in [-0.2, 0) is 4.79 Å². The number of rotatable bonds is 4. The van der Waals surface area contributed by atoms with Gasteiger partial charge in [0, 0.05) is 10.9 Å². The molecule has 0 bridgehead atoms. The molecule has 0 radical (unpaired) electrons. The van der Waals surface area contributed by atoms with Crippen molar-refractivity contribution in [2.45, 2.75) is 6.92 Å². The van der Waals surface area contributed by atoms with Crippen LogP contribution in [0.5, 0.6) is 5.75 Å². The van der Waals surface area contributed by atoms with Crippen molar-refractivity contribution >= 4 is 39.5 Å². The Hall–Kier alpha value is -3.52. The van der Waals surface area contributed by atoms with E-state index in [1.54, 1.807) is 25.1 Å². The topological polar surface area (TPSA) is 90.2 Å². The van der Waals surface area contributed by atoms with E-state index < -0.39 is 0 Å². The van der Waals surface area contributed by atoms with Gasteiger partial charge in [0.05, 0.1) is 17.1 Å². The number of amides is 1. The summed E-state index contributed by atoms with van der Waals surface area (Å²) in [6.45, 7) is 1.70. The fourth-order valence-electron chi connectivity index (χ4n) is 2.54. The minimum atomic E-state index is -0.371. The number of hydrogen-bond donors (Lipinski definition) is 2. The van der Waals surface area contributed by atoms with Gasteiger partial charge in [-0.15, -0.1) is 11.3 Å². The van der Waals surface area contributed by atoms with Gasteiger partial charge in [-0.3, -0.25) is 10.2 Å². The molecule has 2 aromatic carbocycles. The average Bonchev–Trinajstić information content (AvgIpc) is 3.27. The predicted molar refractivity (Wildman–Crippen MR) is 107 cm³/mol. The van der Waals surface area contributed by atoms with E-state index in [1.165, 1.54) is 22.4 Å². The number of hydrazone groups is 2. The molecular weight excluding hydrogens is 362 g/mol. The van der Waals surface area contributed by atoms with Crippen molar-refractivity contribution in [3.63, 3.8) is 0 Å². The molecule has 2 N–H and O–H groups in total. The third-order valence-corrected chi connectivity index (χ3v) is 4.74. The lowest BCUT2D eigenvalue weighted by atomic mass is 10.2. The maximum atomic E-state index is 12.7. The van der Waals surface area contributed by atoms with Crippen molar-refractivity contribution in [2.24, 2.45) is 10.2 Å². The van der Waals surface area contributed by atoms with Crippen LogP contribution in [0.2, 0.25) is 0 Å². The number of nitrogens with one attached hydrogen (secondary N) is 1. The highest BCUT2D eigenvalue weighted by Crippen LogP contribution is 2.29. The largest absolute Gasteiger partial charge is 0.506 e. The van der Waals surface area contributed by atoms with Gasteiger partial charge in [0.2, 0.25) is 5.13 Å². The highest BCUT2D eigenvalue weighted by atomic mass is 32.1. The summed E-state index contributed by atoms with van der Waals surface area (Å²) >= 11 is 1.34. The second-order valence-electron chi connectivity index (χ2n) is 5.77. The first-order chi connectivity index (χ1) is 13.1. The molecule has 0 unspecified atom stereocenters. The highest BCUT2D eigenvalue weighted by molar-refractivity contribution is 7.14. The average molecular weight is 377 g/mol. The van der Waals surface area contributed by atoms with E-state index in [0.717, 1.165) is 11.3 Å². The van der Waals surface area contributed by atoms with E-state index in [1.807, 2.05) is 35.7 Å². The molecule has 0 fully saturated rings. The number of aromatic nitrogens is 1. The quantitative estimate of drug-likeness (QED) is 0.536. The third kappa shape index (κ3) is 3.30. The van der Waals surface area contributed by atoms with E-state index in [4.69, 9.17) is 0 Å². The summed E-state index contributed by atoms with van der Waals surface area (Å²) in [6, 6.07) is 16.4. The van der Waals surface area contributed by atoms with Crippen molar-refractivity contribution in [1.29, 1.82) is 0 Å². The monoisotopic (exact) mass is 377 g/mol. The Bertz CT molecular complexity index is 1060. The summed E-state index contributed by atoms with van der Waals surface area (Å²) in [7, 11) is 0. The Morgan fingerprint density at radius 3 is 2.63 bits per heavy atom. The maximum Gasteiger partial charge on any atom is 0.303 e. The van der Waals surface area contributed by atoms with E-state index in [0.29, 0.717) is 16.5 Å². The van der Waals surface area contributed by atoms with Crippen LogP contribution in [0.25, 0.3) is 11.3 Å². The fourth-order valence-corrected chi connectivity index (χ4v) is 3.32. The summed E-state index contributed by atoms with van der Waals surface area (Å²) in [5.41, 5.74) is 5.53. The molecule has 1 aliphatic rings. The Labute approximate surface area is 159 Å². The van der Waals surface area contributed by atoms with Gasteiger partial charge >= 0.3 is 5.91 Å². The second-order valence-corrected chi connectivity index (χ2v) is 6.61. The predicted octanol–water partition coefficient (Wildman–Crippen LogP) is 3.71. The molecule has 7 nitrogen and oxygen atoms in total. The third-order valence-electron chi connectivity index (χ3n) is 3.92. The molecule has 1 aliphatic heterocycles. The van der Waals surface area contributed by atoms with Crippen molar-refractivity contribution in [3.8, 4) is 17.0 Å². The summed E-state index contributed by atoms with van der Waals surface area (Å²) < 4.78 is 0. The van der Waals surface area contributed by atoms with E-state index in [9.17, 15) is 9.90 Å². The number of carbonyl (C=O) groups excluding carboxylic acids is 1. The Morgan fingerprint density at radius 1 is 1.11 bits per heavy atom. The Balaban J connectivity index is 1.57. The molecule has 0 aliphatic carbocycles. The summed E-state index contributed by atoms with van der Waals surface area (Å²) in [4.78, 5) is 17.2. The molecule has 3 aromatic rings. The lowest BCUT2D eigenvalue weighted by molar-refractivity contribution is -0.112. The summed E-state index contributed by atoms with van der Waals surface area (Å²) in [5, 5.41) is 21.8. The van der Waals surface area contributed by atoms with Crippen molar-refractivity contribution in [2.75, 3.05) is 10.4 Å². The molecule has 8 heteroatoms. The van der Waals surface area contributed by atoms with Gasteiger partial charge in [-0.1, -0.05) is 42.5 Å². The van der Waals surface area contributed by atoms with Crippen molar-refractivity contribution < 1.29 is 9.90 Å². The number of para-hydroxylation sites is 2. The first kappa shape index (κ1) is 16.9. The zero-order chi connectivity index (χ0) is 18.8. The molecule has 134 valence electrons. The van der Waals surface area contributed by atoms with Crippen LogP contribution in [0, 0.1) is 0 Å². The minimum Gasteiger partial charge on any atom is -0.506 e. The number of nitrogens with zero attached hydrogens (tertiary/aromatic N) is 4. The number of thiazole rings is 1. The molecule has 27 heavy (non-hydrogen) atoms. The van der Waals surface area contributed by atoms with E-state index in [2.05, 4.69) is 20.6 Å². The van der Waals surface area contributed by atoms with Crippen LogP contribution in [0.15, 0.2) is 70.2 Å². The number of benzene rings is 2. The number of carbonyl (C=O) groups is 1. The first-order valence-electron chi connectivity index (χ1n) is 8.16. The number of phenols is 1. The van der Waals surface area contributed by atoms with Gasteiger partial charge < -0.3 is 5.11 Å². The van der Waals surface area contributed by atoms with E-state index >= 15 is 0 Å². The number of anilines is 2. The van der Waals surface area contributed by atoms with Crippen LogP contribution in [-0.4, -0.2) is 27.4 Å².